The Morgan fingerprint density at radius 3 is 2.46 bits per heavy atom. The number of rotatable bonds is 12. The van der Waals surface area contributed by atoms with E-state index in [4.69, 9.17) is 14.7 Å². The Morgan fingerprint density at radius 2 is 1.87 bits per heavy atom. The Hall–Kier alpha value is -3.92. The number of carbonyl (C=O) groups excluding carboxylic acids is 3. The van der Waals surface area contributed by atoms with E-state index in [2.05, 4.69) is 22.1 Å². The molecule has 1 aromatic carbocycles. The lowest BCUT2D eigenvalue weighted by Gasteiger charge is -2.30. The fraction of sp³-hybridized carbons (Fsp3) is 0.452. The van der Waals surface area contributed by atoms with Crippen LogP contribution in [-0.4, -0.2) is 81.7 Å². The van der Waals surface area contributed by atoms with Crippen LogP contribution in [0, 0.1) is 11.8 Å². The van der Waals surface area contributed by atoms with Crippen LogP contribution >= 0.6 is 11.3 Å². The highest BCUT2D eigenvalue weighted by Crippen LogP contribution is 2.45. The van der Waals surface area contributed by atoms with Gasteiger partial charge in [0.15, 0.2) is 0 Å². The summed E-state index contributed by atoms with van der Waals surface area (Å²) < 4.78 is 33.7. The number of para-hydroxylation sites is 2. The second kappa shape index (κ2) is 12.4. The third-order valence-electron chi connectivity index (χ3n) is 8.74. The monoisotopic (exact) mass is 668 g/mol. The highest BCUT2D eigenvalue weighted by Gasteiger charge is 2.62. The van der Waals surface area contributed by atoms with E-state index in [0.717, 1.165) is 4.88 Å². The van der Waals surface area contributed by atoms with E-state index in [1.807, 2.05) is 41.8 Å². The number of nitrogens with zero attached hydrogens (tertiary/aromatic N) is 3. The van der Waals surface area contributed by atoms with Crippen molar-refractivity contribution in [2.24, 2.45) is 11.8 Å². The number of hydrogen-bond donors (Lipinski definition) is 4. The van der Waals surface area contributed by atoms with Crippen LogP contribution in [0.15, 0.2) is 54.4 Å². The molecule has 5 atom stereocenters. The van der Waals surface area contributed by atoms with Crippen molar-refractivity contribution < 1.29 is 32.7 Å². The van der Waals surface area contributed by atoms with E-state index < -0.39 is 62.6 Å². The Kier molecular flexibility index (Phi) is 8.61. The zero-order valence-corrected chi connectivity index (χ0v) is 27.0. The van der Waals surface area contributed by atoms with Crippen LogP contribution < -0.4 is 20.3 Å². The number of fused-ring (bicyclic) bond motifs is 1. The largest absolute Gasteiger partial charge is 0.471 e. The molecule has 0 bridgehead atoms. The van der Waals surface area contributed by atoms with E-state index in [9.17, 15) is 28.0 Å². The molecule has 3 aromatic rings. The standard InChI is InChI=1S/C31H36N6O7S2/c1-4-18-15-31(18,30(40)36-46(42,43)20-11-12-20)34-27(38)23-14-19(16-37(23)29(39)25(35-41)17(2)3)44-28-26(24-10-7-13-45-24)32-21-8-5-6-9-22(21)33-28/h4-10,13,17-20,23,25,35,41H,1,11-12,14-16H2,2-3H3,(H,34,38)(H,36,40)/t18-,19-,23+,25+,31-/m1/s1. The molecule has 15 heteroatoms. The zero-order chi connectivity index (χ0) is 32.8. The number of amides is 3. The molecule has 13 nitrogen and oxygen atoms in total. The molecule has 0 radical (unpaired) electrons. The maximum absolute atomic E-state index is 14.0. The minimum Gasteiger partial charge on any atom is -0.471 e. The van der Waals surface area contributed by atoms with Gasteiger partial charge in [-0.15, -0.1) is 17.9 Å². The fourth-order valence-electron chi connectivity index (χ4n) is 5.86. The van der Waals surface area contributed by atoms with Gasteiger partial charge in [0.2, 0.25) is 27.7 Å². The average Bonchev–Trinajstić information content (AvgIpc) is 3.89. The molecule has 3 aliphatic rings. The first-order valence-electron chi connectivity index (χ1n) is 15.2. The van der Waals surface area contributed by atoms with Gasteiger partial charge in [-0.1, -0.05) is 38.1 Å². The second-order valence-corrected chi connectivity index (χ2v) is 15.3. The Morgan fingerprint density at radius 1 is 1.15 bits per heavy atom. The summed E-state index contributed by atoms with van der Waals surface area (Å²) in [5.41, 5.74) is 2.36. The van der Waals surface area contributed by atoms with Crippen molar-refractivity contribution in [3.05, 3.63) is 54.4 Å². The molecule has 2 saturated carbocycles. The molecule has 2 aliphatic carbocycles. The summed E-state index contributed by atoms with van der Waals surface area (Å²) in [6, 6.07) is 9.05. The lowest BCUT2D eigenvalue weighted by Crippen LogP contribution is -2.58. The summed E-state index contributed by atoms with van der Waals surface area (Å²) in [5.74, 6) is -2.58. The molecule has 6 rings (SSSR count). The lowest BCUT2D eigenvalue weighted by molar-refractivity contribution is -0.144. The van der Waals surface area contributed by atoms with Crippen molar-refractivity contribution in [2.75, 3.05) is 6.54 Å². The van der Waals surface area contributed by atoms with Gasteiger partial charge in [0, 0.05) is 12.3 Å². The highest BCUT2D eigenvalue weighted by molar-refractivity contribution is 7.91. The van der Waals surface area contributed by atoms with Gasteiger partial charge in [0.05, 0.1) is 27.7 Å². The van der Waals surface area contributed by atoms with Crippen molar-refractivity contribution in [2.45, 2.75) is 68.5 Å². The second-order valence-electron chi connectivity index (χ2n) is 12.4. The number of carbonyl (C=O) groups is 3. The summed E-state index contributed by atoms with van der Waals surface area (Å²) >= 11 is 1.47. The van der Waals surface area contributed by atoms with E-state index in [1.54, 1.807) is 13.8 Å². The third-order valence-corrected chi connectivity index (χ3v) is 11.4. The molecule has 3 fully saturated rings. The first-order chi connectivity index (χ1) is 22.0. The van der Waals surface area contributed by atoms with Gasteiger partial charge in [0.25, 0.3) is 5.91 Å². The van der Waals surface area contributed by atoms with Crippen molar-refractivity contribution in [1.82, 2.24) is 30.4 Å². The lowest BCUT2D eigenvalue weighted by atomic mass is 10.0. The number of benzene rings is 1. The maximum Gasteiger partial charge on any atom is 0.259 e. The van der Waals surface area contributed by atoms with Gasteiger partial charge < -0.3 is 20.2 Å². The number of sulfonamides is 1. The minimum atomic E-state index is -3.86. The van der Waals surface area contributed by atoms with Crippen molar-refractivity contribution in [3.63, 3.8) is 0 Å². The predicted octanol–water partition coefficient (Wildman–Crippen LogP) is 2.38. The third kappa shape index (κ3) is 6.11. The smallest absolute Gasteiger partial charge is 0.259 e. The molecule has 3 amide bonds. The quantitative estimate of drug-likeness (QED) is 0.165. The summed E-state index contributed by atoms with van der Waals surface area (Å²) in [6.45, 7) is 7.23. The van der Waals surface area contributed by atoms with Gasteiger partial charge in [-0.25, -0.2) is 18.4 Å². The number of aromatic nitrogens is 2. The molecule has 3 heterocycles. The van der Waals surface area contributed by atoms with Crippen LogP contribution in [0.25, 0.3) is 21.6 Å². The average molecular weight is 669 g/mol. The van der Waals surface area contributed by atoms with Gasteiger partial charge in [0.1, 0.15) is 29.4 Å². The summed E-state index contributed by atoms with van der Waals surface area (Å²) in [5, 5.41) is 13.9. The summed E-state index contributed by atoms with van der Waals surface area (Å²) in [7, 11) is -3.86. The Bertz CT molecular complexity index is 1780. The number of thiophene rings is 1. The molecule has 0 unspecified atom stereocenters. The van der Waals surface area contributed by atoms with E-state index in [0.29, 0.717) is 29.6 Å². The molecule has 0 spiro atoms. The van der Waals surface area contributed by atoms with Gasteiger partial charge in [-0.2, -0.15) is 5.48 Å². The van der Waals surface area contributed by atoms with Crippen LogP contribution in [0.1, 0.15) is 39.5 Å². The SMILES string of the molecule is C=C[C@@H]1C[C@]1(NC(=O)[C@@H]1C[C@@H](Oc2nc3ccccc3nc2-c2cccs2)CN1C(=O)[C@@H](NO)C(C)C)C(=O)NS(=O)(=O)C1CC1. The topological polar surface area (TPSA) is 180 Å². The molecule has 46 heavy (non-hydrogen) atoms. The maximum atomic E-state index is 14.0. The molecule has 244 valence electrons. The summed E-state index contributed by atoms with van der Waals surface area (Å²) in [4.78, 5) is 52.7. The van der Waals surface area contributed by atoms with Gasteiger partial charge in [-0.3, -0.25) is 19.1 Å². The number of hydroxylamine groups is 1. The number of ether oxygens (including phenoxy) is 1. The number of likely N-dealkylation sites (tertiary alicyclic amines) is 1. The normalized spacial score (nSPS) is 24.9. The fourth-order valence-corrected chi connectivity index (χ4v) is 7.93. The number of hydrogen-bond acceptors (Lipinski definition) is 11. The summed E-state index contributed by atoms with van der Waals surface area (Å²) in [6.07, 6.45) is 1.96. The van der Waals surface area contributed by atoms with Crippen LogP contribution in [0.2, 0.25) is 0 Å². The molecular formula is C31H36N6O7S2. The highest BCUT2D eigenvalue weighted by atomic mass is 32.2. The molecule has 1 aliphatic heterocycles. The number of nitrogens with one attached hydrogen (secondary N) is 3. The van der Waals surface area contributed by atoms with Gasteiger partial charge >= 0.3 is 0 Å². The van der Waals surface area contributed by atoms with Crippen LogP contribution in [0.4, 0.5) is 0 Å². The van der Waals surface area contributed by atoms with E-state index >= 15 is 0 Å². The van der Waals surface area contributed by atoms with Crippen molar-refractivity contribution in [3.8, 4) is 16.5 Å². The molecule has 4 N–H and O–H groups in total. The van der Waals surface area contributed by atoms with E-state index in [-0.39, 0.29) is 31.2 Å². The predicted molar refractivity (Wildman–Crippen MR) is 170 cm³/mol. The molecule has 1 saturated heterocycles. The molecule has 2 aromatic heterocycles. The molecular weight excluding hydrogens is 633 g/mol. The van der Waals surface area contributed by atoms with Crippen molar-refractivity contribution >= 4 is 50.1 Å². The van der Waals surface area contributed by atoms with Crippen LogP contribution in [0.3, 0.4) is 0 Å². The zero-order valence-electron chi connectivity index (χ0n) is 25.4. The Balaban J connectivity index is 1.29. The van der Waals surface area contributed by atoms with Crippen LogP contribution in [0.5, 0.6) is 5.88 Å². The van der Waals surface area contributed by atoms with Crippen LogP contribution in [-0.2, 0) is 24.4 Å². The van der Waals surface area contributed by atoms with Crippen molar-refractivity contribution in [1.29, 1.82) is 0 Å². The first-order valence-corrected chi connectivity index (χ1v) is 17.6. The van der Waals surface area contributed by atoms with Gasteiger partial charge in [-0.05, 0) is 48.8 Å². The minimum absolute atomic E-state index is 0.0135. The van der Waals surface area contributed by atoms with E-state index in [1.165, 1.54) is 22.3 Å². The first kappa shape index (κ1) is 32.0. The Labute approximate surface area is 270 Å².